The Labute approximate surface area is 149 Å². The third-order valence-corrected chi connectivity index (χ3v) is 4.39. The molecule has 0 aliphatic carbocycles. The second-order valence-electron chi connectivity index (χ2n) is 5.97. The van der Waals surface area contributed by atoms with Crippen molar-refractivity contribution in [1.82, 2.24) is 15.0 Å². The lowest BCUT2D eigenvalue weighted by atomic mass is 9.94. The van der Waals surface area contributed by atoms with Crippen LogP contribution in [0, 0.1) is 5.82 Å². The number of rotatable bonds is 3. The van der Waals surface area contributed by atoms with Crippen LogP contribution in [-0.2, 0) is 6.42 Å². The zero-order chi connectivity index (χ0) is 18.1. The van der Waals surface area contributed by atoms with E-state index in [0.29, 0.717) is 29.1 Å². The van der Waals surface area contributed by atoms with E-state index in [4.69, 9.17) is 10.5 Å². The van der Waals surface area contributed by atoms with Crippen LogP contribution in [0.15, 0.2) is 54.2 Å². The molecule has 2 aromatic heterocycles. The second-order valence-corrected chi connectivity index (χ2v) is 5.97. The maximum atomic E-state index is 14.5. The molecule has 130 valence electrons. The number of nitrogens with two attached hydrogens (primary N) is 1. The van der Waals surface area contributed by atoms with E-state index in [1.165, 1.54) is 12.4 Å². The van der Waals surface area contributed by atoms with E-state index in [9.17, 15) is 4.39 Å². The van der Waals surface area contributed by atoms with Gasteiger partial charge in [-0.25, -0.2) is 14.4 Å². The van der Waals surface area contributed by atoms with Crippen molar-refractivity contribution in [2.75, 3.05) is 7.11 Å². The summed E-state index contributed by atoms with van der Waals surface area (Å²) in [6.07, 6.45) is 6.89. The number of hydrogen-bond donors (Lipinski definition) is 1. The Morgan fingerprint density at radius 2 is 2.00 bits per heavy atom. The number of benzene rings is 1. The van der Waals surface area contributed by atoms with Crippen LogP contribution in [0.3, 0.4) is 0 Å². The summed E-state index contributed by atoms with van der Waals surface area (Å²) >= 11 is 0. The van der Waals surface area contributed by atoms with Crippen molar-refractivity contribution in [2.24, 2.45) is 10.7 Å². The molecule has 1 aliphatic rings. The first-order valence-corrected chi connectivity index (χ1v) is 8.07. The highest BCUT2D eigenvalue weighted by molar-refractivity contribution is 5.99. The molecule has 0 amide bonds. The van der Waals surface area contributed by atoms with Gasteiger partial charge in [0.1, 0.15) is 23.7 Å². The smallest absolute Gasteiger partial charge is 0.137 e. The number of fused-ring (bicyclic) bond motifs is 1. The molecule has 2 N–H and O–H groups in total. The van der Waals surface area contributed by atoms with E-state index >= 15 is 0 Å². The second kappa shape index (κ2) is 6.51. The molecule has 0 bridgehead atoms. The number of aromatic nitrogens is 3. The van der Waals surface area contributed by atoms with Gasteiger partial charge in [0.25, 0.3) is 0 Å². The summed E-state index contributed by atoms with van der Waals surface area (Å²) in [6.45, 7) is 0. The first-order chi connectivity index (χ1) is 12.7. The molecule has 0 saturated heterocycles. The van der Waals surface area contributed by atoms with Crippen molar-refractivity contribution >= 4 is 5.84 Å². The minimum Gasteiger partial charge on any atom is -0.495 e. The Kier molecular flexibility index (Phi) is 4.04. The lowest BCUT2D eigenvalue weighted by molar-refractivity contribution is 0.413. The van der Waals surface area contributed by atoms with Gasteiger partial charge in [-0.2, -0.15) is 0 Å². The number of amidine groups is 1. The van der Waals surface area contributed by atoms with Crippen LogP contribution >= 0.6 is 0 Å². The van der Waals surface area contributed by atoms with Gasteiger partial charge in [0.2, 0.25) is 0 Å². The Morgan fingerprint density at radius 1 is 1.12 bits per heavy atom. The van der Waals surface area contributed by atoms with Crippen LogP contribution in [-0.4, -0.2) is 27.9 Å². The van der Waals surface area contributed by atoms with E-state index in [0.717, 1.165) is 16.8 Å². The molecule has 6 nitrogen and oxygen atoms in total. The van der Waals surface area contributed by atoms with Gasteiger partial charge in [-0.3, -0.25) is 9.98 Å². The average Bonchev–Trinajstić information content (AvgIpc) is 2.68. The van der Waals surface area contributed by atoms with Crippen molar-refractivity contribution < 1.29 is 9.13 Å². The molecular formula is C19H16FN5O. The number of hydrogen-bond acceptors (Lipinski definition) is 6. The molecule has 3 aromatic rings. The molecule has 0 spiro atoms. The van der Waals surface area contributed by atoms with Crippen LogP contribution in [0.1, 0.15) is 22.9 Å². The van der Waals surface area contributed by atoms with Crippen LogP contribution in [0.4, 0.5) is 4.39 Å². The molecule has 1 atom stereocenters. The Morgan fingerprint density at radius 3 is 2.85 bits per heavy atom. The van der Waals surface area contributed by atoms with Crippen molar-refractivity contribution in [3.63, 3.8) is 0 Å². The summed E-state index contributed by atoms with van der Waals surface area (Å²) < 4.78 is 19.7. The molecule has 3 heterocycles. The fourth-order valence-electron chi connectivity index (χ4n) is 3.04. The molecule has 0 radical (unpaired) electrons. The summed E-state index contributed by atoms with van der Waals surface area (Å²) in [4.78, 5) is 16.8. The molecule has 1 aromatic carbocycles. The zero-order valence-corrected chi connectivity index (χ0v) is 14.1. The predicted octanol–water partition coefficient (Wildman–Crippen LogP) is 2.69. The van der Waals surface area contributed by atoms with Gasteiger partial charge >= 0.3 is 0 Å². The maximum Gasteiger partial charge on any atom is 0.137 e. The van der Waals surface area contributed by atoms with Gasteiger partial charge in [-0.05, 0) is 23.8 Å². The van der Waals surface area contributed by atoms with E-state index in [-0.39, 0.29) is 5.82 Å². The third kappa shape index (κ3) is 2.88. The Hall–Kier alpha value is -3.35. The normalized spacial score (nSPS) is 15.9. The molecule has 26 heavy (non-hydrogen) atoms. The molecule has 0 saturated carbocycles. The number of halogens is 1. The number of nitrogens with zero attached hydrogens (tertiary/aromatic N) is 4. The molecule has 4 rings (SSSR count). The van der Waals surface area contributed by atoms with Crippen LogP contribution in [0.2, 0.25) is 0 Å². The highest BCUT2D eigenvalue weighted by atomic mass is 19.1. The lowest BCUT2D eigenvalue weighted by Gasteiger charge is -2.21. The highest BCUT2D eigenvalue weighted by Gasteiger charge is 2.24. The number of pyridine rings is 1. The summed E-state index contributed by atoms with van der Waals surface area (Å²) in [5.41, 5.74) is 9.64. The molecule has 1 unspecified atom stereocenters. The maximum absolute atomic E-state index is 14.5. The van der Waals surface area contributed by atoms with Gasteiger partial charge in [-0.15, -0.1) is 0 Å². The van der Waals surface area contributed by atoms with E-state index in [2.05, 4.69) is 19.9 Å². The standard InChI is InChI=1S/C19H16FN5O/c1-26-13-4-12(7-22-8-13)11-2-3-16(20)14(5-11)18-6-17-15(19(21)25-18)9-23-10-24-17/h2-5,7-10,18H,6H2,1H3,(H2,21,25). The average molecular weight is 349 g/mol. The van der Waals surface area contributed by atoms with Gasteiger partial charge in [0.15, 0.2) is 0 Å². The van der Waals surface area contributed by atoms with Crippen molar-refractivity contribution in [2.45, 2.75) is 12.5 Å². The van der Waals surface area contributed by atoms with Gasteiger partial charge in [0, 0.05) is 29.9 Å². The zero-order valence-electron chi connectivity index (χ0n) is 14.1. The monoisotopic (exact) mass is 349 g/mol. The van der Waals surface area contributed by atoms with Gasteiger partial charge in [-0.1, -0.05) is 6.07 Å². The van der Waals surface area contributed by atoms with Crippen LogP contribution < -0.4 is 10.5 Å². The van der Waals surface area contributed by atoms with Crippen molar-refractivity contribution in [3.05, 3.63) is 71.8 Å². The number of methoxy groups -OCH3 is 1. The summed E-state index contributed by atoms with van der Waals surface area (Å²) in [6, 6.07) is 6.34. The fourth-order valence-corrected chi connectivity index (χ4v) is 3.04. The first kappa shape index (κ1) is 16.1. The lowest BCUT2D eigenvalue weighted by Crippen LogP contribution is -2.24. The van der Waals surface area contributed by atoms with Crippen LogP contribution in [0.5, 0.6) is 5.75 Å². The van der Waals surface area contributed by atoms with E-state index < -0.39 is 6.04 Å². The molecule has 1 aliphatic heterocycles. The van der Waals surface area contributed by atoms with Gasteiger partial charge in [0.05, 0.1) is 30.6 Å². The molecular weight excluding hydrogens is 333 g/mol. The highest BCUT2D eigenvalue weighted by Crippen LogP contribution is 2.32. The van der Waals surface area contributed by atoms with Crippen molar-refractivity contribution in [3.8, 4) is 16.9 Å². The summed E-state index contributed by atoms with van der Waals surface area (Å²) in [7, 11) is 1.58. The van der Waals surface area contributed by atoms with Gasteiger partial charge < -0.3 is 10.5 Å². The minimum atomic E-state index is -0.434. The topological polar surface area (TPSA) is 86.3 Å². The molecule has 0 fully saturated rings. The largest absolute Gasteiger partial charge is 0.495 e. The van der Waals surface area contributed by atoms with E-state index in [1.54, 1.807) is 37.8 Å². The molecule has 7 heteroatoms. The fraction of sp³-hybridized carbons (Fsp3) is 0.158. The minimum absolute atomic E-state index is 0.324. The number of ether oxygens (including phenoxy) is 1. The summed E-state index contributed by atoms with van der Waals surface area (Å²) in [5.74, 6) is 0.632. The third-order valence-electron chi connectivity index (χ3n) is 4.39. The van der Waals surface area contributed by atoms with E-state index in [1.807, 2.05) is 6.07 Å². The first-order valence-electron chi connectivity index (χ1n) is 8.07. The van der Waals surface area contributed by atoms with Crippen molar-refractivity contribution in [1.29, 1.82) is 0 Å². The SMILES string of the molecule is COc1cncc(-c2ccc(F)c(C3Cc4ncncc4C(N)=N3)c2)c1. The summed E-state index contributed by atoms with van der Waals surface area (Å²) in [5, 5.41) is 0. The Balaban J connectivity index is 1.75. The number of aliphatic imine (C=N–C) groups is 1. The Bertz CT molecular complexity index is 1000. The predicted molar refractivity (Wildman–Crippen MR) is 95.4 cm³/mol. The van der Waals surface area contributed by atoms with Crippen LogP contribution in [0.25, 0.3) is 11.1 Å². The quantitative estimate of drug-likeness (QED) is 0.786.